The zero-order chi connectivity index (χ0) is 16.3. The van der Waals surface area contributed by atoms with Gasteiger partial charge in [0.05, 0.1) is 11.3 Å². The van der Waals surface area contributed by atoms with Crippen LogP contribution in [-0.2, 0) is 11.0 Å². The van der Waals surface area contributed by atoms with E-state index >= 15 is 0 Å². The first kappa shape index (κ1) is 15.4. The normalized spacial score (nSPS) is 11.0. The van der Waals surface area contributed by atoms with E-state index in [1.54, 1.807) is 0 Å². The number of aromatic nitrogens is 2. The van der Waals surface area contributed by atoms with Gasteiger partial charge in [-0.2, -0.15) is 18.2 Å². The number of nitrogens with zero attached hydrogens (tertiary/aromatic N) is 2. The highest BCUT2D eigenvalue weighted by Crippen LogP contribution is 2.30. The average molecular weight is 313 g/mol. The number of nitrogen functional groups attached to an aromatic ring is 2. The monoisotopic (exact) mass is 313 g/mol. The van der Waals surface area contributed by atoms with Gasteiger partial charge in [0.15, 0.2) is 0 Å². The predicted molar refractivity (Wildman–Crippen MR) is 71.3 cm³/mol. The summed E-state index contributed by atoms with van der Waals surface area (Å²) in [6, 6.07) is 4.14. The Morgan fingerprint density at radius 1 is 1.27 bits per heavy atom. The highest BCUT2D eigenvalue weighted by atomic mass is 19.4. The zero-order valence-corrected chi connectivity index (χ0v) is 10.9. The summed E-state index contributed by atoms with van der Waals surface area (Å²) in [5.41, 5.74) is 11.7. The molecule has 7 nitrogen and oxygen atoms in total. The molecule has 0 aliphatic rings. The Morgan fingerprint density at radius 3 is 2.64 bits per heavy atom. The number of nitrogens with two attached hydrogens (primary N) is 2. The van der Waals surface area contributed by atoms with Crippen LogP contribution in [0, 0.1) is 0 Å². The fourth-order valence-electron chi connectivity index (χ4n) is 1.49. The molecule has 0 saturated heterocycles. The molecule has 10 heteroatoms. The summed E-state index contributed by atoms with van der Waals surface area (Å²) >= 11 is 0. The zero-order valence-electron chi connectivity index (χ0n) is 10.9. The molecule has 0 aliphatic carbocycles. The molecule has 1 aromatic heterocycles. The van der Waals surface area contributed by atoms with E-state index in [9.17, 15) is 18.0 Å². The maximum atomic E-state index is 12.5. The van der Waals surface area contributed by atoms with Crippen molar-refractivity contribution in [3.63, 3.8) is 0 Å². The number of hydrogen-bond acceptors (Lipinski definition) is 7. The molecule has 0 atom stereocenters. The third kappa shape index (κ3) is 3.53. The standard InChI is InChI=1S/C12H10F3N5O2/c13-12(14,15)6-2-1-3-7(4-6)20-22-10(21)8-5-18-11(17)19-9(8)16/h1-5,20H,(H4,16,17,18,19). The molecule has 2 rings (SSSR count). The molecule has 0 saturated carbocycles. The van der Waals surface area contributed by atoms with E-state index in [0.717, 1.165) is 18.3 Å². The molecule has 0 bridgehead atoms. The van der Waals surface area contributed by atoms with Gasteiger partial charge in [-0.25, -0.2) is 15.3 Å². The maximum Gasteiger partial charge on any atom is 0.416 e. The molecule has 22 heavy (non-hydrogen) atoms. The Morgan fingerprint density at radius 2 is 2.00 bits per heavy atom. The maximum absolute atomic E-state index is 12.5. The van der Waals surface area contributed by atoms with Crippen molar-refractivity contribution in [2.75, 3.05) is 16.9 Å². The van der Waals surface area contributed by atoms with Gasteiger partial charge in [0.1, 0.15) is 11.4 Å². The van der Waals surface area contributed by atoms with Crippen LogP contribution in [0.15, 0.2) is 30.5 Å². The van der Waals surface area contributed by atoms with Crippen LogP contribution in [0.4, 0.5) is 30.6 Å². The highest BCUT2D eigenvalue weighted by Gasteiger charge is 2.30. The van der Waals surface area contributed by atoms with Gasteiger partial charge in [0.25, 0.3) is 0 Å². The molecular formula is C12H10F3N5O2. The summed E-state index contributed by atoms with van der Waals surface area (Å²) < 4.78 is 37.6. The average Bonchev–Trinajstić information content (AvgIpc) is 2.44. The summed E-state index contributed by atoms with van der Waals surface area (Å²) in [7, 11) is 0. The van der Waals surface area contributed by atoms with Crippen molar-refractivity contribution in [2.45, 2.75) is 6.18 Å². The molecule has 0 fully saturated rings. The molecule has 0 radical (unpaired) electrons. The molecule has 1 heterocycles. The number of halogens is 3. The van der Waals surface area contributed by atoms with Gasteiger partial charge in [0, 0.05) is 6.20 Å². The van der Waals surface area contributed by atoms with Gasteiger partial charge in [0.2, 0.25) is 5.95 Å². The van der Waals surface area contributed by atoms with Crippen molar-refractivity contribution < 1.29 is 22.8 Å². The van der Waals surface area contributed by atoms with E-state index in [4.69, 9.17) is 11.5 Å². The smallest absolute Gasteiger partial charge is 0.383 e. The lowest BCUT2D eigenvalue weighted by molar-refractivity contribution is -0.137. The van der Waals surface area contributed by atoms with Crippen LogP contribution in [0.25, 0.3) is 0 Å². The Balaban J connectivity index is 2.08. The minimum absolute atomic E-state index is 0.0573. The van der Waals surface area contributed by atoms with E-state index in [-0.39, 0.29) is 23.0 Å². The van der Waals surface area contributed by atoms with Crippen LogP contribution in [0.2, 0.25) is 0 Å². The molecule has 0 spiro atoms. The fourth-order valence-corrected chi connectivity index (χ4v) is 1.49. The van der Waals surface area contributed by atoms with E-state index in [1.165, 1.54) is 12.1 Å². The second kappa shape index (κ2) is 5.76. The first-order chi connectivity index (χ1) is 10.3. The van der Waals surface area contributed by atoms with Crippen LogP contribution in [0.5, 0.6) is 0 Å². The van der Waals surface area contributed by atoms with E-state index in [0.29, 0.717) is 0 Å². The summed E-state index contributed by atoms with van der Waals surface area (Å²) in [6.45, 7) is 0. The van der Waals surface area contributed by atoms with Crippen LogP contribution >= 0.6 is 0 Å². The summed E-state index contributed by atoms with van der Waals surface area (Å²) in [4.78, 5) is 23.5. The fraction of sp³-hybridized carbons (Fsp3) is 0.0833. The topological polar surface area (TPSA) is 116 Å². The molecule has 2 aromatic rings. The van der Waals surface area contributed by atoms with E-state index < -0.39 is 17.7 Å². The lowest BCUT2D eigenvalue weighted by atomic mass is 10.2. The van der Waals surface area contributed by atoms with Crippen molar-refractivity contribution in [1.82, 2.24) is 9.97 Å². The second-order valence-corrected chi connectivity index (χ2v) is 4.10. The molecule has 5 N–H and O–H groups in total. The number of benzene rings is 1. The largest absolute Gasteiger partial charge is 0.416 e. The van der Waals surface area contributed by atoms with Crippen molar-refractivity contribution in [1.29, 1.82) is 0 Å². The summed E-state index contributed by atoms with van der Waals surface area (Å²) in [5.74, 6) is -1.29. The van der Waals surface area contributed by atoms with E-state index in [1.807, 2.05) is 0 Å². The van der Waals surface area contributed by atoms with Crippen LogP contribution in [0.1, 0.15) is 15.9 Å². The van der Waals surface area contributed by atoms with Crippen molar-refractivity contribution in [3.8, 4) is 0 Å². The van der Waals surface area contributed by atoms with Crippen LogP contribution in [-0.4, -0.2) is 15.9 Å². The minimum atomic E-state index is -4.50. The number of alkyl halides is 3. The Bertz CT molecular complexity index is 705. The van der Waals surface area contributed by atoms with E-state index in [2.05, 4.69) is 20.3 Å². The number of hydrogen-bond donors (Lipinski definition) is 3. The molecule has 0 amide bonds. The van der Waals surface area contributed by atoms with Gasteiger partial charge in [-0.05, 0) is 18.2 Å². The Hall–Kier alpha value is -3.04. The Labute approximate surface area is 122 Å². The number of carbonyl (C=O) groups excluding carboxylic acids is 1. The number of nitrogens with one attached hydrogen (secondary N) is 1. The molecule has 1 aromatic carbocycles. The molecule has 0 unspecified atom stereocenters. The Kier molecular flexibility index (Phi) is 4.02. The predicted octanol–water partition coefficient (Wildman–Crippen LogP) is 1.84. The molecular weight excluding hydrogens is 303 g/mol. The number of carbonyl (C=O) groups is 1. The first-order valence-electron chi connectivity index (χ1n) is 5.80. The van der Waals surface area contributed by atoms with Gasteiger partial charge >= 0.3 is 12.1 Å². The lowest BCUT2D eigenvalue weighted by Gasteiger charge is -2.10. The third-order valence-corrected chi connectivity index (χ3v) is 2.51. The molecule has 0 aliphatic heterocycles. The van der Waals surface area contributed by atoms with Gasteiger partial charge < -0.3 is 16.3 Å². The van der Waals surface area contributed by atoms with Gasteiger partial charge in [-0.15, -0.1) is 0 Å². The van der Waals surface area contributed by atoms with Crippen molar-refractivity contribution in [2.24, 2.45) is 0 Å². The summed E-state index contributed by atoms with van der Waals surface area (Å²) in [6.07, 6.45) is -3.45. The highest BCUT2D eigenvalue weighted by molar-refractivity contribution is 5.94. The SMILES string of the molecule is Nc1ncc(C(=O)ONc2cccc(C(F)(F)F)c2)c(N)n1. The van der Waals surface area contributed by atoms with Crippen LogP contribution < -0.4 is 16.9 Å². The van der Waals surface area contributed by atoms with Gasteiger partial charge in [-0.1, -0.05) is 6.07 Å². The first-order valence-corrected chi connectivity index (χ1v) is 5.80. The quantitative estimate of drug-likeness (QED) is 0.740. The number of rotatable bonds is 3. The van der Waals surface area contributed by atoms with Gasteiger partial charge in [-0.3, -0.25) is 0 Å². The third-order valence-electron chi connectivity index (χ3n) is 2.51. The second-order valence-electron chi connectivity index (χ2n) is 4.10. The minimum Gasteiger partial charge on any atom is -0.383 e. The van der Waals surface area contributed by atoms with Crippen LogP contribution in [0.3, 0.4) is 0 Å². The van der Waals surface area contributed by atoms with Crippen molar-refractivity contribution >= 4 is 23.4 Å². The van der Waals surface area contributed by atoms with Crippen molar-refractivity contribution in [3.05, 3.63) is 41.6 Å². The molecule has 116 valence electrons. The summed E-state index contributed by atoms with van der Waals surface area (Å²) in [5, 5.41) is 0. The number of anilines is 3. The lowest BCUT2D eigenvalue weighted by Crippen LogP contribution is -2.15.